The maximum atomic E-state index is 13.6. The molecule has 0 spiro atoms. The standard InChI is InChI=1S/C16H10F4N2O/c17-14-2-1-8(4-12(14)15(21)23)11-5-10(16(18,19)20)3-9-6-22-7-13(9)11/h1-5,7H,6H2,(H2,21,23). The van der Waals surface area contributed by atoms with Gasteiger partial charge in [-0.3, -0.25) is 9.79 Å². The van der Waals surface area contributed by atoms with Gasteiger partial charge < -0.3 is 5.73 Å². The Morgan fingerprint density at radius 1 is 1.17 bits per heavy atom. The van der Waals surface area contributed by atoms with Gasteiger partial charge in [0.2, 0.25) is 0 Å². The van der Waals surface area contributed by atoms with Crippen molar-refractivity contribution < 1.29 is 22.4 Å². The van der Waals surface area contributed by atoms with Crippen LogP contribution in [0.2, 0.25) is 0 Å². The first kappa shape index (κ1) is 15.2. The largest absolute Gasteiger partial charge is 0.416 e. The molecule has 0 atom stereocenters. The molecule has 2 aromatic rings. The van der Waals surface area contributed by atoms with Crippen molar-refractivity contribution in [3.63, 3.8) is 0 Å². The maximum Gasteiger partial charge on any atom is 0.416 e. The van der Waals surface area contributed by atoms with Crippen LogP contribution < -0.4 is 5.73 Å². The number of halogens is 4. The van der Waals surface area contributed by atoms with Crippen molar-refractivity contribution >= 4 is 12.1 Å². The monoisotopic (exact) mass is 322 g/mol. The van der Waals surface area contributed by atoms with Crippen LogP contribution in [0, 0.1) is 5.82 Å². The summed E-state index contributed by atoms with van der Waals surface area (Å²) in [6.07, 6.45) is -3.04. The molecule has 0 saturated heterocycles. The van der Waals surface area contributed by atoms with E-state index in [9.17, 15) is 22.4 Å². The van der Waals surface area contributed by atoms with E-state index >= 15 is 0 Å². The molecule has 1 aliphatic rings. The number of nitrogens with two attached hydrogens (primary N) is 1. The molecule has 23 heavy (non-hydrogen) atoms. The number of carbonyl (C=O) groups is 1. The molecule has 0 saturated carbocycles. The summed E-state index contributed by atoms with van der Waals surface area (Å²) in [5, 5.41) is 0. The number of primary amides is 1. The lowest BCUT2D eigenvalue weighted by atomic mass is 9.93. The van der Waals surface area contributed by atoms with E-state index in [1.54, 1.807) is 0 Å². The van der Waals surface area contributed by atoms with E-state index in [1.807, 2.05) is 0 Å². The molecule has 0 aliphatic carbocycles. The smallest absolute Gasteiger partial charge is 0.366 e. The highest BCUT2D eigenvalue weighted by Crippen LogP contribution is 2.37. The van der Waals surface area contributed by atoms with Crippen molar-refractivity contribution in [3.05, 3.63) is 58.4 Å². The van der Waals surface area contributed by atoms with E-state index in [2.05, 4.69) is 4.99 Å². The zero-order chi connectivity index (χ0) is 16.8. The van der Waals surface area contributed by atoms with Crippen molar-refractivity contribution in [3.8, 4) is 11.1 Å². The second-order valence-electron chi connectivity index (χ2n) is 5.12. The summed E-state index contributed by atoms with van der Waals surface area (Å²) in [7, 11) is 0. The van der Waals surface area contributed by atoms with E-state index in [1.165, 1.54) is 12.3 Å². The molecule has 7 heteroatoms. The summed E-state index contributed by atoms with van der Waals surface area (Å²) in [6.45, 7) is 0.149. The summed E-state index contributed by atoms with van der Waals surface area (Å²) in [4.78, 5) is 15.2. The molecular weight excluding hydrogens is 312 g/mol. The Kier molecular flexibility index (Phi) is 3.43. The van der Waals surface area contributed by atoms with Crippen molar-refractivity contribution in [1.29, 1.82) is 0 Å². The van der Waals surface area contributed by atoms with Gasteiger partial charge in [0.05, 0.1) is 17.7 Å². The van der Waals surface area contributed by atoms with Crippen molar-refractivity contribution in [2.75, 3.05) is 0 Å². The van der Waals surface area contributed by atoms with Gasteiger partial charge in [-0.25, -0.2) is 4.39 Å². The fourth-order valence-corrected chi connectivity index (χ4v) is 2.52. The number of fused-ring (bicyclic) bond motifs is 1. The lowest BCUT2D eigenvalue weighted by Gasteiger charge is -2.14. The second kappa shape index (κ2) is 5.19. The molecule has 0 unspecified atom stereocenters. The molecule has 0 fully saturated rings. The van der Waals surface area contributed by atoms with Gasteiger partial charge in [0, 0.05) is 11.8 Å². The third kappa shape index (κ3) is 2.69. The van der Waals surface area contributed by atoms with E-state index < -0.39 is 23.5 Å². The van der Waals surface area contributed by atoms with Crippen LogP contribution in [0.4, 0.5) is 17.6 Å². The van der Waals surface area contributed by atoms with E-state index in [0.717, 1.165) is 24.3 Å². The second-order valence-corrected chi connectivity index (χ2v) is 5.12. The van der Waals surface area contributed by atoms with E-state index in [-0.39, 0.29) is 23.2 Å². The Morgan fingerprint density at radius 2 is 1.91 bits per heavy atom. The van der Waals surface area contributed by atoms with Crippen LogP contribution in [0.3, 0.4) is 0 Å². The van der Waals surface area contributed by atoms with Gasteiger partial charge in [-0.2, -0.15) is 13.2 Å². The number of hydrogen-bond acceptors (Lipinski definition) is 2. The number of hydrogen-bond donors (Lipinski definition) is 1. The number of aliphatic imine (C=N–C) groups is 1. The summed E-state index contributed by atoms with van der Waals surface area (Å²) < 4.78 is 52.7. The van der Waals surface area contributed by atoms with Crippen LogP contribution in [0.15, 0.2) is 35.3 Å². The highest BCUT2D eigenvalue weighted by Gasteiger charge is 2.32. The molecule has 118 valence electrons. The molecule has 0 radical (unpaired) electrons. The van der Waals surface area contributed by atoms with Crippen LogP contribution in [0.25, 0.3) is 11.1 Å². The minimum atomic E-state index is -4.51. The van der Waals surface area contributed by atoms with Gasteiger partial charge in [-0.15, -0.1) is 0 Å². The fraction of sp³-hybridized carbons (Fsp3) is 0.125. The maximum absolute atomic E-state index is 13.6. The molecular formula is C16H10F4N2O. The Morgan fingerprint density at radius 3 is 2.57 bits per heavy atom. The number of benzene rings is 2. The van der Waals surface area contributed by atoms with Crippen LogP contribution in [0.5, 0.6) is 0 Å². The van der Waals surface area contributed by atoms with Gasteiger partial charge in [0.1, 0.15) is 5.82 Å². The predicted octanol–water partition coefficient (Wildman–Crippen LogP) is 3.54. The average molecular weight is 322 g/mol. The molecule has 0 bridgehead atoms. The first-order chi connectivity index (χ1) is 10.8. The number of alkyl halides is 3. The summed E-state index contributed by atoms with van der Waals surface area (Å²) in [6, 6.07) is 5.48. The van der Waals surface area contributed by atoms with Gasteiger partial charge in [0.25, 0.3) is 5.91 Å². The Balaban J connectivity index is 2.24. The number of carbonyl (C=O) groups excluding carboxylic acids is 1. The van der Waals surface area contributed by atoms with Crippen LogP contribution >= 0.6 is 0 Å². The molecule has 1 aliphatic heterocycles. The Hall–Kier alpha value is -2.70. The van der Waals surface area contributed by atoms with Gasteiger partial charge in [-0.1, -0.05) is 6.07 Å². The van der Waals surface area contributed by atoms with Crippen molar-refractivity contribution in [2.45, 2.75) is 12.7 Å². The number of rotatable bonds is 2. The summed E-state index contributed by atoms with van der Waals surface area (Å²) in [5.41, 5.74) is 5.37. The topological polar surface area (TPSA) is 55.5 Å². The van der Waals surface area contributed by atoms with E-state index in [0.29, 0.717) is 11.1 Å². The Bertz CT molecular complexity index is 841. The van der Waals surface area contributed by atoms with Gasteiger partial charge in [-0.05, 0) is 41.0 Å². The molecule has 3 nitrogen and oxygen atoms in total. The minimum absolute atomic E-state index is 0.149. The summed E-state index contributed by atoms with van der Waals surface area (Å²) >= 11 is 0. The number of nitrogens with zero attached hydrogens (tertiary/aromatic N) is 1. The predicted molar refractivity (Wildman–Crippen MR) is 76.7 cm³/mol. The minimum Gasteiger partial charge on any atom is -0.366 e. The third-order valence-electron chi connectivity index (χ3n) is 3.62. The first-order valence-corrected chi connectivity index (χ1v) is 6.61. The highest BCUT2D eigenvalue weighted by atomic mass is 19.4. The first-order valence-electron chi connectivity index (χ1n) is 6.61. The summed E-state index contributed by atoms with van der Waals surface area (Å²) in [5.74, 6) is -1.81. The quantitative estimate of drug-likeness (QED) is 0.845. The molecule has 1 heterocycles. The van der Waals surface area contributed by atoms with Gasteiger partial charge >= 0.3 is 6.18 Å². The van der Waals surface area contributed by atoms with Crippen molar-refractivity contribution in [1.82, 2.24) is 0 Å². The zero-order valence-electron chi connectivity index (χ0n) is 11.6. The molecule has 2 aromatic carbocycles. The van der Waals surface area contributed by atoms with Crippen LogP contribution in [0.1, 0.15) is 27.0 Å². The molecule has 2 N–H and O–H groups in total. The third-order valence-corrected chi connectivity index (χ3v) is 3.62. The van der Waals surface area contributed by atoms with Crippen molar-refractivity contribution in [2.24, 2.45) is 10.7 Å². The molecule has 3 rings (SSSR count). The van der Waals surface area contributed by atoms with E-state index in [4.69, 9.17) is 5.73 Å². The SMILES string of the molecule is NC(=O)c1cc(-c2cc(C(F)(F)F)cc3c2C=NC3)ccc1F. The normalized spacial score (nSPS) is 13.2. The van der Waals surface area contributed by atoms with Crippen LogP contribution in [-0.4, -0.2) is 12.1 Å². The number of amides is 1. The molecule has 0 aromatic heterocycles. The lowest BCUT2D eigenvalue weighted by Crippen LogP contribution is -2.13. The fourth-order valence-electron chi connectivity index (χ4n) is 2.52. The zero-order valence-corrected chi connectivity index (χ0v) is 11.6. The lowest BCUT2D eigenvalue weighted by molar-refractivity contribution is -0.137. The average Bonchev–Trinajstić information content (AvgIpc) is 2.94. The Labute approximate surface area is 128 Å². The highest BCUT2D eigenvalue weighted by molar-refractivity contribution is 5.97. The molecule has 1 amide bonds. The van der Waals surface area contributed by atoms with Crippen LogP contribution in [-0.2, 0) is 12.7 Å². The van der Waals surface area contributed by atoms with Gasteiger partial charge in [0.15, 0.2) is 0 Å².